The summed E-state index contributed by atoms with van der Waals surface area (Å²) in [4.78, 5) is 0. The van der Waals surface area contributed by atoms with Gasteiger partial charge in [-0.3, -0.25) is 0 Å². The quantitative estimate of drug-likeness (QED) is 0.133. The van der Waals surface area contributed by atoms with Crippen LogP contribution in [0.25, 0.3) is 0 Å². The van der Waals surface area contributed by atoms with Gasteiger partial charge >= 0.3 is 8.25 Å². The summed E-state index contributed by atoms with van der Waals surface area (Å²) >= 11 is 6.83. The van der Waals surface area contributed by atoms with Crippen molar-refractivity contribution in [3.05, 3.63) is 0 Å². The van der Waals surface area contributed by atoms with Crippen molar-refractivity contribution in [3.63, 3.8) is 0 Å². The Balaban J connectivity index is 3.56. The van der Waals surface area contributed by atoms with Gasteiger partial charge in [-0.1, -0.05) is 97.1 Å². The molecule has 0 aliphatic rings. The lowest BCUT2D eigenvalue weighted by Gasteiger charge is -2.05. The zero-order valence-electron chi connectivity index (χ0n) is 14.1. The van der Waals surface area contributed by atoms with Gasteiger partial charge in [0, 0.05) is 4.57 Å². The maximum Gasteiger partial charge on any atom is 0.699 e. The van der Waals surface area contributed by atoms with Crippen LogP contribution in [0.4, 0.5) is 0 Å². The van der Waals surface area contributed by atoms with Crippen molar-refractivity contribution >= 4 is 40.1 Å². The van der Waals surface area contributed by atoms with E-state index < -0.39 is 8.25 Å². The molecule has 0 saturated carbocycles. The van der Waals surface area contributed by atoms with E-state index in [9.17, 15) is 4.57 Å². The minimum Gasteiger partial charge on any atom is -0.104 e. The van der Waals surface area contributed by atoms with Gasteiger partial charge in [0.25, 0.3) is 0 Å². The molecule has 0 spiro atoms. The van der Waals surface area contributed by atoms with Crippen molar-refractivity contribution in [2.75, 3.05) is 0 Å². The van der Waals surface area contributed by atoms with Gasteiger partial charge in [0.05, 0.1) is 0 Å². The molecule has 0 saturated heterocycles. The van der Waals surface area contributed by atoms with Crippen molar-refractivity contribution in [2.24, 2.45) is 0 Å². The Morgan fingerprint density at radius 2 is 1.09 bits per heavy atom. The first-order valence-electron chi connectivity index (χ1n) is 8.69. The highest BCUT2D eigenvalue weighted by atomic mass is 79.9. The van der Waals surface area contributed by atoms with E-state index in [4.69, 9.17) is 9.05 Å². The summed E-state index contributed by atoms with van der Waals surface area (Å²) in [6, 6.07) is 0. The molecular formula is C16H32Br2O3P+. The van der Waals surface area contributed by atoms with Crippen LogP contribution < -0.4 is 0 Å². The summed E-state index contributed by atoms with van der Waals surface area (Å²) in [6.07, 6.45) is 13.9. The number of hydrogen-bond acceptors (Lipinski definition) is 3. The van der Waals surface area contributed by atoms with Crippen LogP contribution in [0.15, 0.2) is 0 Å². The molecule has 0 N–H and O–H groups in total. The molecule has 0 aromatic rings. The molecule has 0 aliphatic heterocycles. The topological polar surface area (TPSA) is 35.5 Å². The fourth-order valence-corrected chi connectivity index (χ4v) is 4.23. The summed E-state index contributed by atoms with van der Waals surface area (Å²) in [7, 11) is -2.06. The molecule has 0 aromatic carbocycles. The standard InChI is InChI=1S/C16H32Br2O3P/c1-3-5-7-9-11-13-15(17)20-22(19)21-16(18)14-12-10-8-6-4-2/h15-16H,3-14H2,1-2H3/q+1. The molecular weight excluding hydrogens is 431 g/mol. The number of hydrogen-bond donors (Lipinski definition) is 0. The van der Waals surface area contributed by atoms with E-state index in [1.165, 1.54) is 51.4 Å². The van der Waals surface area contributed by atoms with Crippen molar-refractivity contribution in [1.29, 1.82) is 0 Å². The second-order valence-corrected chi connectivity index (χ2v) is 8.57. The van der Waals surface area contributed by atoms with Crippen LogP contribution in [-0.2, 0) is 13.6 Å². The molecule has 0 amide bonds. The fourth-order valence-electron chi connectivity index (χ4n) is 2.13. The maximum absolute atomic E-state index is 11.8. The van der Waals surface area contributed by atoms with E-state index in [0.717, 1.165) is 25.7 Å². The maximum atomic E-state index is 11.8. The van der Waals surface area contributed by atoms with Crippen molar-refractivity contribution < 1.29 is 13.6 Å². The molecule has 0 rings (SSSR count). The number of alkyl halides is 2. The van der Waals surface area contributed by atoms with Gasteiger partial charge in [-0.05, 0) is 25.7 Å². The first kappa shape index (κ1) is 23.0. The van der Waals surface area contributed by atoms with E-state index in [0.29, 0.717) is 0 Å². The van der Waals surface area contributed by atoms with E-state index in [2.05, 4.69) is 45.7 Å². The summed E-state index contributed by atoms with van der Waals surface area (Å²) < 4.78 is 22.5. The monoisotopic (exact) mass is 461 g/mol. The SMILES string of the molecule is CCCCCCCC(Br)O[P+](=O)OC(Br)CCCCCCC. The Hall–Kier alpha value is 0.980. The highest BCUT2D eigenvalue weighted by molar-refractivity contribution is 9.09. The molecule has 0 bridgehead atoms. The molecule has 0 aromatic heterocycles. The largest absolute Gasteiger partial charge is 0.699 e. The van der Waals surface area contributed by atoms with E-state index in [1.54, 1.807) is 0 Å². The van der Waals surface area contributed by atoms with Gasteiger partial charge in [-0.25, -0.2) is 0 Å². The average Bonchev–Trinajstić information content (AvgIpc) is 2.46. The number of rotatable bonds is 16. The summed E-state index contributed by atoms with van der Waals surface area (Å²) in [6.45, 7) is 4.41. The smallest absolute Gasteiger partial charge is 0.104 e. The third-order valence-corrected chi connectivity index (χ3v) is 6.19. The molecule has 0 radical (unpaired) electrons. The summed E-state index contributed by atoms with van der Waals surface area (Å²) in [5.41, 5.74) is 0. The van der Waals surface area contributed by atoms with Gasteiger partial charge in [-0.2, -0.15) is 0 Å². The highest BCUT2D eigenvalue weighted by Crippen LogP contribution is 2.34. The van der Waals surface area contributed by atoms with Crippen LogP contribution in [0.2, 0.25) is 0 Å². The first-order chi connectivity index (χ1) is 10.6. The highest BCUT2D eigenvalue weighted by Gasteiger charge is 2.29. The van der Waals surface area contributed by atoms with Crippen LogP contribution in [0.3, 0.4) is 0 Å². The second-order valence-electron chi connectivity index (χ2n) is 5.66. The van der Waals surface area contributed by atoms with Gasteiger partial charge in [0.2, 0.25) is 0 Å². The third kappa shape index (κ3) is 15.9. The fraction of sp³-hybridized carbons (Fsp3) is 1.00. The van der Waals surface area contributed by atoms with Gasteiger partial charge in [-0.15, -0.1) is 9.05 Å². The van der Waals surface area contributed by atoms with Gasteiger partial charge in [0.1, 0.15) is 0 Å². The van der Waals surface area contributed by atoms with Crippen LogP contribution in [0, 0.1) is 0 Å². The number of unbranched alkanes of at least 4 members (excludes halogenated alkanes) is 8. The predicted octanol–water partition coefficient (Wildman–Crippen LogP) is 7.84. The Kier molecular flexibility index (Phi) is 17.6. The van der Waals surface area contributed by atoms with E-state index >= 15 is 0 Å². The molecule has 0 aliphatic carbocycles. The Morgan fingerprint density at radius 1 is 0.727 bits per heavy atom. The molecule has 3 nitrogen and oxygen atoms in total. The van der Waals surface area contributed by atoms with Crippen LogP contribution in [-0.4, -0.2) is 10.0 Å². The van der Waals surface area contributed by atoms with Crippen LogP contribution in [0.1, 0.15) is 90.9 Å². The summed E-state index contributed by atoms with van der Waals surface area (Å²) in [5, 5.41) is -0.357. The molecule has 0 heterocycles. The first-order valence-corrected chi connectivity index (χ1v) is 11.6. The second kappa shape index (κ2) is 16.8. The average molecular weight is 463 g/mol. The molecule has 132 valence electrons. The Morgan fingerprint density at radius 3 is 1.45 bits per heavy atom. The van der Waals surface area contributed by atoms with Crippen molar-refractivity contribution in [3.8, 4) is 0 Å². The lowest BCUT2D eigenvalue weighted by Crippen LogP contribution is -2.03. The van der Waals surface area contributed by atoms with Crippen molar-refractivity contribution in [2.45, 2.75) is 101 Å². The lowest BCUT2D eigenvalue weighted by atomic mass is 10.1. The van der Waals surface area contributed by atoms with Crippen molar-refractivity contribution in [1.82, 2.24) is 0 Å². The van der Waals surface area contributed by atoms with Crippen LogP contribution >= 0.6 is 40.1 Å². The minimum atomic E-state index is -2.06. The Labute approximate surface area is 154 Å². The zero-order chi connectivity index (χ0) is 16.6. The number of halogens is 2. The zero-order valence-corrected chi connectivity index (χ0v) is 18.1. The molecule has 2 atom stereocenters. The molecule has 6 heteroatoms. The summed E-state index contributed by atoms with van der Waals surface area (Å²) in [5.74, 6) is 0. The molecule has 22 heavy (non-hydrogen) atoms. The van der Waals surface area contributed by atoms with E-state index in [-0.39, 0.29) is 10.0 Å². The Bertz CT molecular complexity index is 244. The van der Waals surface area contributed by atoms with Crippen LogP contribution in [0.5, 0.6) is 0 Å². The van der Waals surface area contributed by atoms with E-state index in [1.807, 2.05) is 0 Å². The van der Waals surface area contributed by atoms with Gasteiger partial charge < -0.3 is 0 Å². The van der Waals surface area contributed by atoms with Gasteiger partial charge in [0.15, 0.2) is 10.0 Å². The lowest BCUT2D eigenvalue weighted by molar-refractivity contribution is 0.195. The molecule has 0 fully saturated rings. The minimum absolute atomic E-state index is 0.179. The molecule has 2 unspecified atom stereocenters. The third-order valence-electron chi connectivity index (χ3n) is 3.47. The predicted molar refractivity (Wildman–Crippen MR) is 102 cm³/mol. The normalized spacial score (nSPS) is 14.8.